The van der Waals surface area contributed by atoms with Gasteiger partial charge in [-0.25, -0.2) is 0 Å². The molecule has 0 radical (unpaired) electrons. The summed E-state index contributed by atoms with van der Waals surface area (Å²) in [7, 11) is 0. The Hall–Kier alpha value is -1.31. The maximum atomic E-state index is 6.48. The third kappa shape index (κ3) is 3.30. The Morgan fingerprint density at radius 1 is 1.05 bits per heavy atom. The molecule has 3 rings (SSSR count). The summed E-state index contributed by atoms with van der Waals surface area (Å²) in [6, 6.07) is 11.6. The minimum absolute atomic E-state index is 0.710. The second-order valence-corrected chi connectivity index (χ2v) is 6.64. The molecule has 110 valence electrons. The first-order valence-corrected chi connectivity index (χ1v) is 8.02. The maximum absolute atomic E-state index is 6.48. The van der Waals surface area contributed by atoms with Crippen molar-refractivity contribution < 1.29 is 0 Å². The molecule has 1 fully saturated rings. The van der Waals surface area contributed by atoms with Crippen molar-refractivity contribution in [2.75, 3.05) is 0 Å². The lowest BCUT2D eigenvalue weighted by atomic mass is 9.93. The van der Waals surface area contributed by atoms with Crippen LogP contribution in [0, 0.1) is 20.8 Å². The Morgan fingerprint density at radius 2 is 1.71 bits per heavy atom. The first-order chi connectivity index (χ1) is 10.0. The standard InChI is InChI=1S/C19H22ClN/c1-12-8-13(2)19(14(3)9-12)15-4-5-16(18(20)10-15)11-21-17-6-7-17/h4-5,8-10,17,21H,6-7,11H2,1-3H3. The van der Waals surface area contributed by atoms with Crippen LogP contribution in [0.1, 0.15) is 35.1 Å². The van der Waals surface area contributed by atoms with Crippen molar-refractivity contribution in [1.29, 1.82) is 0 Å². The van der Waals surface area contributed by atoms with Crippen LogP contribution < -0.4 is 5.32 Å². The number of rotatable bonds is 4. The van der Waals surface area contributed by atoms with E-state index in [0.29, 0.717) is 6.04 Å². The molecule has 1 aliphatic carbocycles. The van der Waals surface area contributed by atoms with Crippen molar-refractivity contribution in [1.82, 2.24) is 5.32 Å². The molecule has 0 aromatic heterocycles. The first kappa shape index (κ1) is 14.6. The number of nitrogens with one attached hydrogen (secondary N) is 1. The normalized spacial score (nSPS) is 14.5. The fourth-order valence-corrected chi connectivity index (χ4v) is 3.27. The lowest BCUT2D eigenvalue weighted by Crippen LogP contribution is -2.15. The van der Waals surface area contributed by atoms with Gasteiger partial charge >= 0.3 is 0 Å². The summed E-state index contributed by atoms with van der Waals surface area (Å²) in [6.07, 6.45) is 2.61. The van der Waals surface area contributed by atoms with E-state index >= 15 is 0 Å². The summed E-state index contributed by atoms with van der Waals surface area (Å²) in [6.45, 7) is 7.36. The van der Waals surface area contributed by atoms with Crippen molar-refractivity contribution in [3.05, 3.63) is 57.6 Å². The minimum Gasteiger partial charge on any atom is -0.310 e. The van der Waals surface area contributed by atoms with Gasteiger partial charge in [0.05, 0.1) is 0 Å². The van der Waals surface area contributed by atoms with Crippen LogP contribution in [0.5, 0.6) is 0 Å². The summed E-state index contributed by atoms with van der Waals surface area (Å²) >= 11 is 6.48. The molecule has 0 unspecified atom stereocenters. The number of hydrogen-bond acceptors (Lipinski definition) is 1. The second kappa shape index (κ2) is 5.82. The Labute approximate surface area is 132 Å². The summed E-state index contributed by atoms with van der Waals surface area (Å²) in [5.74, 6) is 0. The van der Waals surface area contributed by atoms with E-state index in [2.05, 4.69) is 56.4 Å². The third-order valence-corrected chi connectivity index (χ3v) is 4.53. The molecule has 0 heterocycles. The quantitative estimate of drug-likeness (QED) is 0.820. The molecule has 0 saturated heterocycles. The molecule has 0 spiro atoms. The average Bonchev–Trinajstić information content (AvgIpc) is 3.20. The van der Waals surface area contributed by atoms with E-state index in [9.17, 15) is 0 Å². The number of benzene rings is 2. The van der Waals surface area contributed by atoms with Crippen molar-refractivity contribution >= 4 is 11.6 Å². The molecule has 0 aliphatic heterocycles. The molecule has 0 amide bonds. The van der Waals surface area contributed by atoms with Crippen LogP contribution in [0.4, 0.5) is 0 Å². The minimum atomic E-state index is 0.710. The van der Waals surface area contributed by atoms with Gasteiger partial charge in [0.1, 0.15) is 0 Å². The van der Waals surface area contributed by atoms with Gasteiger partial charge < -0.3 is 5.32 Å². The molecular formula is C19H22ClN. The zero-order valence-corrected chi connectivity index (χ0v) is 13.7. The largest absolute Gasteiger partial charge is 0.310 e. The van der Waals surface area contributed by atoms with Gasteiger partial charge in [0.25, 0.3) is 0 Å². The van der Waals surface area contributed by atoms with Crippen LogP contribution in [0.3, 0.4) is 0 Å². The monoisotopic (exact) mass is 299 g/mol. The van der Waals surface area contributed by atoms with E-state index in [1.807, 2.05) is 0 Å². The number of halogens is 1. The predicted molar refractivity (Wildman–Crippen MR) is 91.0 cm³/mol. The maximum Gasteiger partial charge on any atom is 0.0457 e. The molecule has 2 heteroatoms. The number of hydrogen-bond donors (Lipinski definition) is 1. The molecule has 1 nitrogen and oxygen atoms in total. The van der Waals surface area contributed by atoms with Gasteiger partial charge in [0, 0.05) is 17.6 Å². The Balaban J connectivity index is 1.90. The third-order valence-electron chi connectivity index (χ3n) is 4.18. The van der Waals surface area contributed by atoms with Crippen LogP contribution in [-0.2, 0) is 6.54 Å². The van der Waals surface area contributed by atoms with Gasteiger partial charge in [-0.2, -0.15) is 0 Å². The lowest BCUT2D eigenvalue weighted by Gasteiger charge is -2.13. The summed E-state index contributed by atoms with van der Waals surface area (Å²) < 4.78 is 0. The summed E-state index contributed by atoms with van der Waals surface area (Å²) in [4.78, 5) is 0. The molecule has 1 saturated carbocycles. The summed E-state index contributed by atoms with van der Waals surface area (Å²) in [5, 5.41) is 4.38. The smallest absolute Gasteiger partial charge is 0.0457 e. The SMILES string of the molecule is Cc1cc(C)c(-c2ccc(CNC3CC3)c(Cl)c2)c(C)c1. The van der Waals surface area contributed by atoms with Crippen LogP contribution in [-0.4, -0.2) is 6.04 Å². The van der Waals surface area contributed by atoms with Crippen molar-refractivity contribution in [2.24, 2.45) is 0 Å². The van der Waals surface area contributed by atoms with E-state index < -0.39 is 0 Å². The summed E-state index contributed by atoms with van der Waals surface area (Å²) in [5.41, 5.74) is 7.65. The highest BCUT2D eigenvalue weighted by atomic mass is 35.5. The van der Waals surface area contributed by atoms with Gasteiger partial charge in [-0.15, -0.1) is 0 Å². The molecule has 21 heavy (non-hydrogen) atoms. The average molecular weight is 300 g/mol. The topological polar surface area (TPSA) is 12.0 Å². The molecule has 1 N–H and O–H groups in total. The van der Waals surface area contributed by atoms with Crippen LogP contribution in [0.2, 0.25) is 5.02 Å². The van der Waals surface area contributed by atoms with Gasteiger partial charge in [0.15, 0.2) is 0 Å². The Morgan fingerprint density at radius 3 is 2.29 bits per heavy atom. The molecule has 0 atom stereocenters. The molecular weight excluding hydrogens is 278 g/mol. The number of aryl methyl sites for hydroxylation is 3. The van der Waals surface area contributed by atoms with E-state index in [1.165, 1.54) is 46.2 Å². The fraction of sp³-hybridized carbons (Fsp3) is 0.368. The zero-order valence-electron chi connectivity index (χ0n) is 13.0. The van der Waals surface area contributed by atoms with Gasteiger partial charge in [-0.1, -0.05) is 41.4 Å². The van der Waals surface area contributed by atoms with Crippen molar-refractivity contribution in [3.8, 4) is 11.1 Å². The van der Waals surface area contributed by atoms with Crippen molar-refractivity contribution in [3.63, 3.8) is 0 Å². The van der Waals surface area contributed by atoms with E-state index in [1.54, 1.807) is 0 Å². The predicted octanol–water partition coefficient (Wildman–Crippen LogP) is 5.18. The first-order valence-electron chi connectivity index (χ1n) is 7.64. The highest BCUT2D eigenvalue weighted by Gasteiger charge is 2.20. The highest BCUT2D eigenvalue weighted by Crippen LogP contribution is 2.31. The van der Waals surface area contributed by atoms with Crippen molar-refractivity contribution in [2.45, 2.75) is 46.2 Å². The second-order valence-electron chi connectivity index (χ2n) is 6.24. The highest BCUT2D eigenvalue weighted by molar-refractivity contribution is 6.31. The zero-order chi connectivity index (χ0) is 15.0. The Kier molecular flexibility index (Phi) is 4.05. The van der Waals surface area contributed by atoms with Gasteiger partial charge in [0.2, 0.25) is 0 Å². The van der Waals surface area contributed by atoms with Crippen LogP contribution in [0.15, 0.2) is 30.3 Å². The Bertz CT molecular complexity index is 648. The fourth-order valence-electron chi connectivity index (χ4n) is 3.02. The van der Waals surface area contributed by atoms with E-state index in [-0.39, 0.29) is 0 Å². The lowest BCUT2D eigenvalue weighted by molar-refractivity contribution is 0.688. The molecule has 0 bridgehead atoms. The molecule has 2 aromatic carbocycles. The van der Waals surface area contributed by atoms with Crippen LogP contribution >= 0.6 is 11.6 Å². The van der Waals surface area contributed by atoms with E-state index in [4.69, 9.17) is 11.6 Å². The van der Waals surface area contributed by atoms with Gasteiger partial charge in [-0.3, -0.25) is 0 Å². The van der Waals surface area contributed by atoms with Gasteiger partial charge in [-0.05, 0) is 67.5 Å². The van der Waals surface area contributed by atoms with Crippen LogP contribution in [0.25, 0.3) is 11.1 Å². The molecule has 1 aliphatic rings. The molecule has 2 aromatic rings. The van der Waals surface area contributed by atoms with E-state index in [0.717, 1.165) is 11.6 Å².